The fourth-order valence-corrected chi connectivity index (χ4v) is 3.64. The monoisotopic (exact) mass is 447 g/mol. The van der Waals surface area contributed by atoms with E-state index in [9.17, 15) is 19.5 Å². The molecule has 8 heteroatoms. The quantitative estimate of drug-likeness (QED) is 0.556. The number of nitrogens with one attached hydrogen (secondary N) is 1. The van der Waals surface area contributed by atoms with Crippen LogP contribution in [0.25, 0.3) is 22.6 Å². The third-order valence-corrected chi connectivity index (χ3v) is 5.74. The molecule has 2 heterocycles. The number of carboxylic acids is 1. The molecule has 1 aromatic heterocycles. The number of allylic oxidation sites excluding steroid dienone is 1. The number of anilines is 1. The Balaban J connectivity index is 1.69. The number of carbonyl (C=O) groups is 2. The molecule has 33 heavy (non-hydrogen) atoms. The highest BCUT2D eigenvalue weighted by atomic mass is 16.5. The van der Waals surface area contributed by atoms with Gasteiger partial charge in [-0.2, -0.15) is 0 Å². The Hall–Kier alpha value is -3.94. The predicted molar refractivity (Wildman–Crippen MR) is 126 cm³/mol. The van der Waals surface area contributed by atoms with Crippen LogP contribution in [0.15, 0.2) is 47.3 Å². The Morgan fingerprint density at radius 3 is 2.61 bits per heavy atom. The number of rotatable bonds is 6. The Labute approximate surface area is 190 Å². The predicted octanol–water partition coefficient (Wildman–Crippen LogP) is 3.79. The lowest BCUT2D eigenvalue weighted by atomic mass is 9.92. The highest BCUT2D eigenvalue weighted by Crippen LogP contribution is 2.29. The minimum absolute atomic E-state index is 0.145. The van der Waals surface area contributed by atoms with E-state index in [0.717, 1.165) is 16.9 Å². The minimum atomic E-state index is -1.59. The summed E-state index contributed by atoms with van der Waals surface area (Å²) in [4.78, 5) is 41.5. The van der Waals surface area contributed by atoms with Gasteiger partial charge in [0.05, 0.1) is 17.5 Å². The van der Waals surface area contributed by atoms with Crippen molar-refractivity contribution < 1.29 is 19.4 Å². The minimum Gasteiger partial charge on any atom is -0.494 e. The van der Waals surface area contributed by atoms with E-state index in [1.807, 2.05) is 37.3 Å². The maximum absolute atomic E-state index is 13.0. The number of benzene rings is 2. The number of carboxylic acid groups (broad SMARTS) is 1. The average Bonchev–Trinajstić information content (AvgIpc) is 3.18. The molecule has 170 valence electrons. The van der Waals surface area contributed by atoms with Gasteiger partial charge >= 0.3 is 5.97 Å². The average molecular weight is 447 g/mol. The molecule has 8 nitrogen and oxygen atoms in total. The number of hydrogen-bond donors (Lipinski definition) is 2. The van der Waals surface area contributed by atoms with Crippen molar-refractivity contribution in [2.24, 2.45) is 5.41 Å². The number of nitrogens with zero attached hydrogens (tertiary/aromatic N) is 2. The smallest absolute Gasteiger partial charge is 0.318 e. The molecule has 4 rings (SSSR count). The Morgan fingerprint density at radius 1 is 1.21 bits per heavy atom. The second-order valence-corrected chi connectivity index (χ2v) is 8.43. The molecule has 0 saturated heterocycles. The lowest BCUT2D eigenvalue weighted by Gasteiger charge is -2.18. The van der Waals surface area contributed by atoms with Crippen molar-refractivity contribution in [2.45, 2.75) is 33.7 Å². The summed E-state index contributed by atoms with van der Waals surface area (Å²) in [5.41, 5.74) is 1.01. The van der Waals surface area contributed by atoms with Crippen LogP contribution in [0.4, 0.5) is 5.69 Å². The van der Waals surface area contributed by atoms with Gasteiger partial charge in [0.15, 0.2) is 0 Å². The fraction of sp³-hybridized carbons (Fsp3) is 0.280. The molecule has 0 spiro atoms. The van der Waals surface area contributed by atoms with Crippen molar-refractivity contribution in [1.29, 1.82) is 0 Å². The molecule has 0 bridgehead atoms. The van der Waals surface area contributed by atoms with Gasteiger partial charge in [-0.3, -0.25) is 19.0 Å². The Morgan fingerprint density at radius 2 is 1.94 bits per heavy atom. The summed E-state index contributed by atoms with van der Waals surface area (Å²) in [6.07, 6.45) is 2.69. The highest BCUT2D eigenvalue weighted by molar-refractivity contribution is 6.08. The molecule has 1 aliphatic rings. The zero-order valence-electron chi connectivity index (χ0n) is 18.7. The summed E-state index contributed by atoms with van der Waals surface area (Å²) < 4.78 is 7.14. The van der Waals surface area contributed by atoms with Crippen molar-refractivity contribution in [3.8, 4) is 5.75 Å². The van der Waals surface area contributed by atoms with Gasteiger partial charge < -0.3 is 15.2 Å². The van der Waals surface area contributed by atoms with Gasteiger partial charge in [-0.1, -0.05) is 12.1 Å². The van der Waals surface area contributed by atoms with E-state index >= 15 is 0 Å². The second-order valence-electron chi connectivity index (χ2n) is 8.43. The zero-order chi connectivity index (χ0) is 23.8. The first-order chi connectivity index (χ1) is 15.7. The Kier molecular flexibility index (Phi) is 5.76. The van der Waals surface area contributed by atoms with Crippen LogP contribution in [0.5, 0.6) is 5.75 Å². The number of aromatic nitrogens is 2. The summed E-state index contributed by atoms with van der Waals surface area (Å²) in [5.74, 6) is -0.481. The van der Waals surface area contributed by atoms with Crippen molar-refractivity contribution in [3.05, 3.63) is 64.2 Å². The van der Waals surface area contributed by atoms with Crippen LogP contribution < -0.4 is 15.6 Å². The number of fused-ring (bicyclic) bond motifs is 2. The van der Waals surface area contributed by atoms with Gasteiger partial charge in [0, 0.05) is 12.2 Å². The van der Waals surface area contributed by atoms with Gasteiger partial charge in [0.25, 0.3) is 5.56 Å². The molecule has 3 aromatic rings. The maximum Gasteiger partial charge on any atom is 0.318 e. The van der Waals surface area contributed by atoms with Gasteiger partial charge in [0.1, 0.15) is 17.0 Å². The van der Waals surface area contributed by atoms with Crippen LogP contribution in [0.3, 0.4) is 0 Å². The lowest BCUT2D eigenvalue weighted by Crippen LogP contribution is -2.37. The van der Waals surface area contributed by atoms with Gasteiger partial charge in [-0.15, -0.1) is 0 Å². The molecule has 0 saturated carbocycles. The molecule has 0 aliphatic carbocycles. The first-order valence-corrected chi connectivity index (χ1v) is 10.7. The highest BCUT2D eigenvalue weighted by Gasteiger charge is 2.36. The lowest BCUT2D eigenvalue weighted by molar-refractivity contribution is -0.151. The maximum atomic E-state index is 13.0. The summed E-state index contributed by atoms with van der Waals surface area (Å²) in [6.45, 7) is 5.75. The van der Waals surface area contributed by atoms with Gasteiger partial charge in [0.2, 0.25) is 5.91 Å². The number of amides is 1. The van der Waals surface area contributed by atoms with E-state index < -0.39 is 17.3 Å². The number of carbonyl (C=O) groups excluding carboxylic acids is 1. The topological polar surface area (TPSA) is 111 Å². The van der Waals surface area contributed by atoms with Crippen LogP contribution in [0.2, 0.25) is 0 Å². The molecular weight excluding hydrogens is 422 g/mol. The molecule has 1 aliphatic heterocycles. The number of aliphatic carboxylic acids is 1. The molecule has 0 fully saturated rings. The number of ether oxygens (including phenoxy) is 1. The Bertz CT molecular complexity index is 1340. The summed E-state index contributed by atoms with van der Waals surface area (Å²) in [6, 6.07) is 12.5. The molecule has 2 N–H and O–H groups in total. The molecule has 2 aromatic carbocycles. The summed E-state index contributed by atoms with van der Waals surface area (Å²) >= 11 is 0. The van der Waals surface area contributed by atoms with Crippen LogP contribution in [-0.4, -0.2) is 33.1 Å². The third-order valence-electron chi connectivity index (χ3n) is 5.74. The van der Waals surface area contributed by atoms with Crippen molar-refractivity contribution >= 4 is 40.1 Å². The third kappa shape index (κ3) is 4.24. The first kappa shape index (κ1) is 22.3. The normalized spacial score (nSPS) is 14.3. The van der Waals surface area contributed by atoms with E-state index in [2.05, 4.69) is 5.32 Å². The SMILES string of the molecule is CCOc1ccc(C=C2CCn3c2nc2cc(NC(=O)C(C)(C)C(=O)O)ccc2c3=O)cc1. The molecule has 0 atom stereocenters. The van der Waals surface area contributed by atoms with Crippen molar-refractivity contribution in [3.63, 3.8) is 0 Å². The van der Waals surface area contributed by atoms with Crippen LogP contribution in [0, 0.1) is 5.41 Å². The van der Waals surface area contributed by atoms with E-state index in [0.29, 0.717) is 42.0 Å². The van der Waals surface area contributed by atoms with E-state index in [-0.39, 0.29) is 5.56 Å². The second kappa shape index (κ2) is 8.54. The molecular formula is C25H25N3O5. The van der Waals surface area contributed by atoms with Crippen LogP contribution >= 0.6 is 0 Å². The number of hydrogen-bond acceptors (Lipinski definition) is 5. The molecule has 0 radical (unpaired) electrons. The van der Waals surface area contributed by atoms with Gasteiger partial charge in [-0.05, 0) is 74.7 Å². The summed E-state index contributed by atoms with van der Waals surface area (Å²) in [5, 5.41) is 12.3. The molecule has 0 unspecified atom stereocenters. The van der Waals surface area contributed by atoms with E-state index in [1.54, 1.807) is 22.8 Å². The van der Waals surface area contributed by atoms with Crippen LogP contribution in [0.1, 0.15) is 38.6 Å². The van der Waals surface area contributed by atoms with Crippen molar-refractivity contribution in [1.82, 2.24) is 9.55 Å². The summed E-state index contributed by atoms with van der Waals surface area (Å²) in [7, 11) is 0. The molecule has 1 amide bonds. The largest absolute Gasteiger partial charge is 0.494 e. The van der Waals surface area contributed by atoms with E-state index in [1.165, 1.54) is 13.8 Å². The van der Waals surface area contributed by atoms with Gasteiger partial charge in [-0.25, -0.2) is 4.98 Å². The van der Waals surface area contributed by atoms with E-state index in [4.69, 9.17) is 9.72 Å². The fourth-order valence-electron chi connectivity index (χ4n) is 3.64. The van der Waals surface area contributed by atoms with Crippen LogP contribution in [-0.2, 0) is 16.1 Å². The standard InChI is InChI=1S/C25H25N3O5/c1-4-33-18-8-5-15(6-9-18)13-16-11-12-28-21(16)27-20-14-17(7-10-19(20)22(28)29)26-23(30)25(2,3)24(31)32/h5-10,13-14H,4,11-12H2,1-3H3,(H,26,30)(H,31,32). The zero-order valence-corrected chi connectivity index (χ0v) is 18.7. The first-order valence-electron chi connectivity index (χ1n) is 10.7. The van der Waals surface area contributed by atoms with Crippen molar-refractivity contribution in [2.75, 3.05) is 11.9 Å².